The first-order chi connectivity index (χ1) is 14.8. The van der Waals surface area contributed by atoms with Crippen molar-refractivity contribution < 1.29 is 19.1 Å². The number of nitrogens with zero attached hydrogens (tertiary/aromatic N) is 1. The number of rotatable bonds is 5. The number of aromatic nitrogens is 1. The molecule has 0 aliphatic heterocycles. The summed E-state index contributed by atoms with van der Waals surface area (Å²) in [6.07, 6.45) is 0. The van der Waals surface area contributed by atoms with Crippen molar-refractivity contribution in [2.75, 3.05) is 25.3 Å². The number of anilines is 2. The van der Waals surface area contributed by atoms with Crippen LogP contribution in [0.2, 0.25) is 10.0 Å². The Morgan fingerprint density at radius 3 is 2.42 bits per heavy atom. The van der Waals surface area contributed by atoms with E-state index < -0.39 is 11.9 Å². The van der Waals surface area contributed by atoms with E-state index >= 15 is 0 Å². The maximum Gasteiger partial charge on any atom is 0.343 e. The number of carbonyl (C=O) groups excluding carboxylic acids is 2. The van der Waals surface area contributed by atoms with Crippen molar-refractivity contribution in [2.45, 2.75) is 6.92 Å². The van der Waals surface area contributed by atoms with E-state index in [2.05, 4.69) is 15.0 Å². The zero-order valence-corrected chi connectivity index (χ0v) is 18.5. The van der Waals surface area contributed by atoms with E-state index in [9.17, 15) is 9.59 Å². The lowest BCUT2D eigenvalue weighted by Gasteiger charge is -2.15. The van der Waals surface area contributed by atoms with Crippen molar-refractivity contribution in [3.63, 3.8) is 0 Å². The first kappa shape index (κ1) is 22.4. The molecular weight excluding hydrogens is 441 g/mol. The van der Waals surface area contributed by atoms with Gasteiger partial charge in [0.15, 0.2) is 5.69 Å². The summed E-state index contributed by atoms with van der Waals surface area (Å²) in [5.74, 6) is -1.32. The van der Waals surface area contributed by atoms with Crippen molar-refractivity contribution in [3.8, 4) is 17.0 Å². The minimum Gasteiger partial charge on any atom is -0.480 e. The molecular formula is C22H19Cl2N3O4. The summed E-state index contributed by atoms with van der Waals surface area (Å²) >= 11 is 12.6. The van der Waals surface area contributed by atoms with Crippen molar-refractivity contribution in [2.24, 2.45) is 0 Å². The molecule has 0 atom stereocenters. The number of esters is 1. The molecule has 0 radical (unpaired) electrons. The second-order valence-corrected chi connectivity index (χ2v) is 7.29. The summed E-state index contributed by atoms with van der Waals surface area (Å²) in [5, 5.41) is 3.20. The van der Waals surface area contributed by atoms with Gasteiger partial charge in [-0.15, -0.1) is 0 Å². The summed E-state index contributed by atoms with van der Waals surface area (Å²) in [6, 6.07) is 12.1. The van der Waals surface area contributed by atoms with Gasteiger partial charge >= 0.3 is 5.97 Å². The quantitative estimate of drug-likeness (QED) is 0.411. The van der Waals surface area contributed by atoms with Gasteiger partial charge in [-0.1, -0.05) is 47.5 Å². The third-order valence-electron chi connectivity index (χ3n) is 4.66. The Kier molecular flexibility index (Phi) is 6.68. The Labute approximate surface area is 189 Å². The number of nitrogens with one attached hydrogen (secondary N) is 1. The number of halogens is 2. The molecule has 3 aromatic rings. The van der Waals surface area contributed by atoms with Crippen LogP contribution in [0.15, 0.2) is 42.5 Å². The molecule has 0 saturated carbocycles. The third kappa shape index (κ3) is 4.42. The van der Waals surface area contributed by atoms with E-state index in [1.807, 2.05) is 19.1 Å². The van der Waals surface area contributed by atoms with Crippen LogP contribution < -0.4 is 15.8 Å². The molecule has 0 bridgehead atoms. The number of benzene rings is 2. The zero-order chi connectivity index (χ0) is 22.7. The summed E-state index contributed by atoms with van der Waals surface area (Å²) in [4.78, 5) is 28.9. The number of nitrogens with two attached hydrogens (primary N) is 1. The Balaban J connectivity index is 1.98. The molecule has 2 aromatic carbocycles. The molecule has 0 unspecified atom stereocenters. The predicted octanol–water partition coefficient (Wildman–Crippen LogP) is 4.99. The molecule has 0 saturated heterocycles. The lowest BCUT2D eigenvalue weighted by Crippen LogP contribution is -2.17. The first-order valence-corrected chi connectivity index (χ1v) is 9.82. The highest BCUT2D eigenvalue weighted by atomic mass is 35.5. The van der Waals surface area contributed by atoms with Gasteiger partial charge in [-0.2, -0.15) is 0 Å². The molecule has 0 spiro atoms. The fourth-order valence-corrected chi connectivity index (χ4v) is 3.51. The molecule has 0 fully saturated rings. The molecule has 3 N–H and O–H groups in total. The SMILES string of the molecule is COC(=O)c1cc(Cl)c(C(=O)Nc2cccc(-c3cccc(N)c3Cl)c2C)nc1OC. The van der Waals surface area contributed by atoms with Crippen LogP contribution in [-0.2, 0) is 4.74 Å². The van der Waals surface area contributed by atoms with Crippen LogP contribution in [0.3, 0.4) is 0 Å². The molecule has 7 nitrogen and oxygen atoms in total. The van der Waals surface area contributed by atoms with Gasteiger partial charge in [0.25, 0.3) is 5.91 Å². The molecule has 31 heavy (non-hydrogen) atoms. The van der Waals surface area contributed by atoms with E-state index in [4.69, 9.17) is 33.7 Å². The number of hydrogen-bond donors (Lipinski definition) is 2. The number of pyridine rings is 1. The minimum absolute atomic E-state index is 0.0148. The Hall–Kier alpha value is -3.29. The van der Waals surface area contributed by atoms with Gasteiger partial charge in [0, 0.05) is 11.3 Å². The summed E-state index contributed by atoms with van der Waals surface area (Å²) in [7, 11) is 2.55. The van der Waals surface area contributed by atoms with Crippen LogP contribution in [0.25, 0.3) is 11.1 Å². The first-order valence-electron chi connectivity index (χ1n) is 9.06. The lowest BCUT2D eigenvalue weighted by molar-refractivity contribution is 0.0595. The highest BCUT2D eigenvalue weighted by molar-refractivity contribution is 6.36. The van der Waals surface area contributed by atoms with Crippen LogP contribution in [-0.4, -0.2) is 31.1 Å². The second kappa shape index (κ2) is 9.24. The van der Waals surface area contributed by atoms with Crippen molar-refractivity contribution in [3.05, 3.63) is 69.3 Å². The highest BCUT2D eigenvalue weighted by Crippen LogP contribution is 2.36. The summed E-state index contributed by atoms with van der Waals surface area (Å²) < 4.78 is 9.79. The van der Waals surface area contributed by atoms with Crippen molar-refractivity contribution >= 4 is 46.5 Å². The third-order valence-corrected chi connectivity index (χ3v) is 5.37. The Morgan fingerprint density at radius 2 is 1.74 bits per heavy atom. The monoisotopic (exact) mass is 459 g/mol. The minimum atomic E-state index is -0.680. The second-order valence-electron chi connectivity index (χ2n) is 6.51. The number of hydrogen-bond acceptors (Lipinski definition) is 6. The van der Waals surface area contributed by atoms with Gasteiger partial charge in [-0.3, -0.25) is 4.79 Å². The number of amides is 1. The zero-order valence-electron chi connectivity index (χ0n) is 17.0. The molecule has 1 aromatic heterocycles. The Bertz CT molecular complexity index is 1180. The average molecular weight is 460 g/mol. The van der Waals surface area contributed by atoms with Crippen LogP contribution in [0, 0.1) is 6.92 Å². The maximum absolute atomic E-state index is 12.9. The predicted molar refractivity (Wildman–Crippen MR) is 121 cm³/mol. The van der Waals surface area contributed by atoms with E-state index in [0.29, 0.717) is 16.4 Å². The van der Waals surface area contributed by atoms with Crippen LogP contribution >= 0.6 is 23.2 Å². The van der Waals surface area contributed by atoms with E-state index in [-0.39, 0.29) is 22.2 Å². The maximum atomic E-state index is 12.9. The molecule has 160 valence electrons. The molecule has 9 heteroatoms. The van der Waals surface area contributed by atoms with Gasteiger partial charge < -0.3 is 20.5 Å². The van der Waals surface area contributed by atoms with Gasteiger partial charge in [0.2, 0.25) is 5.88 Å². The summed E-state index contributed by atoms with van der Waals surface area (Å²) in [5.41, 5.74) is 9.17. The lowest BCUT2D eigenvalue weighted by atomic mass is 9.98. The molecule has 0 aliphatic carbocycles. The topological polar surface area (TPSA) is 104 Å². The van der Waals surface area contributed by atoms with E-state index in [1.54, 1.807) is 24.3 Å². The molecule has 0 aliphatic rings. The fourth-order valence-electron chi connectivity index (χ4n) is 3.05. The number of ether oxygens (including phenoxy) is 2. The average Bonchev–Trinajstić information content (AvgIpc) is 2.76. The van der Waals surface area contributed by atoms with Crippen LogP contribution in [0.1, 0.15) is 26.4 Å². The number of carbonyl (C=O) groups is 2. The van der Waals surface area contributed by atoms with Crippen molar-refractivity contribution in [1.82, 2.24) is 4.98 Å². The number of nitrogen functional groups attached to an aromatic ring is 1. The van der Waals surface area contributed by atoms with Crippen LogP contribution in [0.5, 0.6) is 5.88 Å². The summed E-state index contributed by atoms with van der Waals surface area (Å²) in [6.45, 7) is 1.85. The van der Waals surface area contributed by atoms with E-state index in [1.165, 1.54) is 20.3 Å². The number of methoxy groups -OCH3 is 2. The largest absolute Gasteiger partial charge is 0.480 e. The standard InChI is InChI=1S/C22H19Cl2N3O4/c1-11-12(13-7-4-8-16(25)18(13)24)6-5-9-17(11)26-20(28)19-15(23)10-14(22(29)31-3)21(27-19)30-2/h4-10H,25H2,1-3H3,(H,26,28). The van der Waals surface area contributed by atoms with Gasteiger partial charge in [0.05, 0.1) is 30.0 Å². The highest BCUT2D eigenvalue weighted by Gasteiger charge is 2.22. The van der Waals surface area contributed by atoms with Crippen molar-refractivity contribution in [1.29, 1.82) is 0 Å². The molecule has 1 amide bonds. The molecule has 3 rings (SSSR count). The van der Waals surface area contributed by atoms with Gasteiger partial charge in [-0.25, -0.2) is 9.78 Å². The Morgan fingerprint density at radius 1 is 1.06 bits per heavy atom. The smallest absolute Gasteiger partial charge is 0.343 e. The normalized spacial score (nSPS) is 10.5. The van der Waals surface area contributed by atoms with Gasteiger partial charge in [0.1, 0.15) is 5.56 Å². The fraction of sp³-hybridized carbons (Fsp3) is 0.136. The molecule has 1 heterocycles. The van der Waals surface area contributed by atoms with Crippen LogP contribution in [0.4, 0.5) is 11.4 Å². The van der Waals surface area contributed by atoms with Gasteiger partial charge in [-0.05, 0) is 36.2 Å². The van der Waals surface area contributed by atoms with E-state index in [0.717, 1.165) is 16.7 Å².